The molecule has 8 nitrogen and oxygen atoms in total. The van der Waals surface area contributed by atoms with Crippen LogP contribution in [0.25, 0.3) is 65.9 Å². The van der Waals surface area contributed by atoms with Crippen LogP contribution in [0, 0.1) is 20.2 Å². The fourth-order valence-corrected chi connectivity index (χ4v) is 6.17. The average Bonchev–Trinajstić information content (AvgIpc) is 3.44. The van der Waals surface area contributed by atoms with Gasteiger partial charge in [0.05, 0.1) is 20.9 Å². The van der Waals surface area contributed by atoms with E-state index in [2.05, 4.69) is 47.5 Å². The predicted molar refractivity (Wildman–Crippen MR) is 159 cm³/mol. The van der Waals surface area contributed by atoms with E-state index in [-0.39, 0.29) is 11.4 Å². The Labute approximate surface area is 227 Å². The lowest BCUT2D eigenvalue weighted by Crippen LogP contribution is -1.96. The molecule has 0 atom stereocenters. The third kappa shape index (κ3) is 3.19. The zero-order chi connectivity index (χ0) is 27.7. The van der Waals surface area contributed by atoms with Gasteiger partial charge in [0.2, 0.25) is 0 Å². The minimum atomic E-state index is -0.400. The van der Waals surface area contributed by atoms with E-state index in [1.165, 1.54) is 24.3 Å². The second-order valence-corrected chi connectivity index (χ2v) is 9.96. The van der Waals surface area contributed by atoms with Gasteiger partial charge in [-0.2, -0.15) is 0 Å². The van der Waals surface area contributed by atoms with Crippen LogP contribution in [0.15, 0.2) is 97.1 Å². The number of para-hydroxylation sites is 2. The van der Waals surface area contributed by atoms with E-state index >= 15 is 0 Å². The molecule has 0 N–H and O–H groups in total. The first-order valence-corrected chi connectivity index (χ1v) is 12.8. The number of fused-ring (bicyclic) bond motifs is 7. The minimum Gasteiger partial charge on any atom is -0.342 e. The van der Waals surface area contributed by atoms with E-state index in [1.807, 2.05) is 24.3 Å². The van der Waals surface area contributed by atoms with Crippen LogP contribution in [-0.4, -0.2) is 19.0 Å². The van der Waals surface area contributed by atoms with Crippen molar-refractivity contribution in [1.82, 2.24) is 9.13 Å². The third-order valence-corrected chi connectivity index (χ3v) is 7.92. The smallest absolute Gasteiger partial charge is 0.269 e. The molecular weight excluding hydrogens is 504 g/mol. The lowest BCUT2D eigenvalue weighted by Gasteiger charge is -2.17. The van der Waals surface area contributed by atoms with Crippen LogP contribution in [0.3, 0.4) is 0 Å². The zero-order valence-corrected chi connectivity index (χ0v) is 21.7. The van der Waals surface area contributed by atoms with Crippen LogP contribution in [0.2, 0.25) is 0 Å². The Balaban J connectivity index is 1.78. The molecule has 0 radical (unpaired) electrons. The van der Waals surface area contributed by atoms with E-state index in [9.17, 15) is 20.2 Å². The Morgan fingerprint density at radius 3 is 1.23 bits per heavy atom. The molecule has 0 saturated heterocycles. The fourth-order valence-electron chi connectivity index (χ4n) is 6.17. The monoisotopic (exact) mass is 526 g/mol. The Hall–Kier alpha value is -5.50. The third-order valence-electron chi connectivity index (χ3n) is 7.92. The van der Waals surface area contributed by atoms with Crippen LogP contribution in [0.1, 0.15) is 0 Å². The van der Waals surface area contributed by atoms with Gasteiger partial charge in [-0.15, -0.1) is 0 Å². The number of rotatable bonds is 4. The zero-order valence-electron chi connectivity index (χ0n) is 21.7. The Bertz CT molecular complexity index is 2020. The summed E-state index contributed by atoms with van der Waals surface area (Å²) in [5.74, 6) is 0. The number of nitrogens with zero attached hydrogens (tertiary/aromatic N) is 4. The van der Waals surface area contributed by atoms with Crippen molar-refractivity contribution in [1.29, 1.82) is 0 Å². The first kappa shape index (κ1) is 23.6. The van der Waals surface area contributed by atoms with Gasteiger partial charge < -0.3 is 9.13 Å². The molecule has 40 heavy (non-hydrogen) atoms. The summed E-state index contributed by atoms with van der Waals surface area (Å²) < 4.78 is 4.42. The average molecular weight is 527 g/mol. The molecule has 0 unspecified atom stereocenters. The molecule has 0 amide bonds. The standard InChI is InChI=1S/C32H22N4O4/c1-33-25-9-5-3-7-23(25)29-27(19-11-15-21(16-12-19)35(37)38)28(20-13-17-22(18-14-20)36(39)40)30-24-8-4-6-10-26(24)34(2)32(30)31(29)33/h3-18H,1-2H3. The second-order valence-electron chi connectivity index (χ2n) is 9.96. The van der Waals surface area contributed by atoms with Crippen LogP contribution in [-0.2, 0) is 14.1 Å². The van der Waals surface area contributed by atoms with Crippen molar-refractivity contribution < 1.29 is 9.85 Å². The van der Waals surface area contributed by atoms with Crippen molar-refractivity contribution in [3.63, 3.8) is 0 Å². The first-order chi connectivity index (χ1) is 19.4. The highest BCUT2D eigenvalue weighted by molar-refractivity contribution is 6.32. The molecule has 5 aromatic carbocycles. The summed E-state index contributed by atoms with van der Waals surface area (Å²) >= 11 is 0. The maximum absolute atomic E-state index is 11.5. The molecule has 7 aromatic rings. The van der Waals surface area contributed by atoms with E-state index in [1.54, 1.807) is 24.3 Å². The molecule has 0 aliphatic heterocycles. The van der Waals surface area contributed by atoms with Crippen molar-refractivity contribution in [3.05, 3.63) is 117 Å². The second kappa shape index (κ2) is 8.51. The fraction of sp³-hybridized carbons (Fsp3) is 0.0625. The molecule has 0 fully saturated rings. The molecule has 2 aromatic heterocycles. The number of non-ortho nitro benzene ring substituents is 2. The number of nitro groups is 2. The van der Waals surface area contributed by atoms with Gasteiger partial charge in [0.25, 0.3) is 11.4 Å². The molecule has 194 valence electrons. The Kier molecular flexibility index (Phi) is 5.02. The van der Waals surface area contributed by atoms with Gasteiger partial charge in [0.15, 0.2) is 0 Å². The maximum atomic E-state index is 11.5. The highest BCUT2D eigenvalue weighted by Crippen LogP contribution is 2.50. The largest absolute Gasteiger partial charge is 0.342 e. The number of aromatic nitrogens is 2. The summed E-state index contributed by atoms with van der Waals surface area (Å²) in [5.41, 5.74) is 7.77. The summed E-state index contributed by atoms with van der Waals surface area (Å²) in [4.78, 5) is 22.2. The summed E-state index contributed by atoms with van der Waals surface area (Å²) in [7, 11) is 4.12. The molecule has 7 rings (SSSR count). The molecule has 2 heterocycles. The molecule has 0 spiro atoms. The molecule has 0 bridgehead atoms. The minimum absolute atomic E-state index is 0.0149. The molecule has 0 aliphatic carbocycles. The summed E-state index contributed by atoms with van der Waals surface area (Å²) in [6, 6.07) is 29.7. The number of nitro benzene ring substituents is 2. The van der Waals surface area contributed by atoms with Gasteiger partial charge in [-0.05, 0) is 47.5 Å². The topological polar surface area (TPSA) is 96.1 Å². The molecule has 0 aliphatic rings. The van der Waals surface area contributed by atoms with E-state index < -0.39 is 9.85 Å². The lowest BCUT2D eigenvalue weighted by atomic mass is 9.87. The normalized spacial score (nSPS) is 11.7. The van der Waals surface area contributed by atoms with Gasteiger partial charge in [-0.1, -0.05) is 36.4 Å². The van der Waals surface area contributed by atoms with Crippen LogP contribution in [0.5, 0.6) is 0 Å². The highest BCUT2D eigenvalue weighted by atomic mass is 16.6. The number of aryl methyl sites for hydroxylation is 2. The quantitative estimate of drug-likeness (QED) is 0.171. The van der Waals surface area contributed by atoms with Gasteiger partial charge in [0.1, 0.15) is 0 Å². The van der Waals surface area contributed by atoms with Gasteiger partial charge in [0, 0.05) is 82.1 Å². The van der Waals surface area contributed by atoms with Crippen molar-refractivity contribution in [2.45, 2.75) is 0 Å². The summed E-state index contributed by atoms with van der Waals surface area (Å²) in [6.07, 6.45) is 0. The number of benzene rings is 5. The molecular formula is C32H22N4O4. The maximum Gasteiger partial charge on any atom is 0.269 e. The predicted octanol–water partition coefficient (Wildman–Crippen LogP) is 8.13. The molecule has 0 saturated carbocycles. The van der Waals surface area contributed by atoms with Crippen molar-refractivity contribution in [2.75, 3.05) is 0 Å². The van der Waals surface area contributed by atoms with Crippen LogP contribution < -0.4 is 0 Å². The van der Waals surface area contributed by atoms with E-state index in [4.69, 9.17) is 0 Å². The first-order valence-electron chi connectivity index (χ1n) is 12.8. The molecule has 8 heteroatoms. The van der Waals surface area contributed by atoms with E-state index in [0.717, 1.165) is 65.9 Å². The summed E-state index contributed by atoms with van der Waals surface area (Å²) in [5, 5.41) is 27.1. The number of hydrogen-bond acceptors (Lipinski definition) is 4. The Morgan fingerprint density at radius 2 is 0.875 bits per heavy atom. The Morgan fingerprint density at radius 1 is 0.525 bits per heavy atom. The highest BCUT2D eigenvalue weighted by Gasteiger charge is 2.26. The number of hydrogen-bond donors (Lipinski definition) is 0. The van der Waals surface area contributed by atoms with Crippen LogP contribution in [0.4, 0.5) is 11.4 Å². The van der Waals surface area contributed by atoms with Gasteiger partial charge in [-0.3, -0.25) is 20.2 Å². The van der Waals surface area contributed by atoms with Crippen molar-refractivity contribution in [3.8, 4) is 22.3 Å². The summed E-state index contributed by atoms with van der Waals surface area (Å²) in [6.45, 7) is 0. The lowest BCUT2D eigenvalue weighted by molar-refractivity contribution is -0.385. The van der Waals surface area contributed by atoms with E-state index in [0.29, 0.717) is 0 Å². The van der Waals surface area contributed by atoms with Crippen molar-refractivity contribution in [2.24, 2.45) is 14.1 Å². The van der Waals surface area contributed by atoms with Gasteiger partial charge in [-0.25, -0.2) is 0 Å². The van der Waals surface area contributed by atoms with Crippen molar-refractivity contribution >= 4 is 55.0 Å². The SMILES string of the molecule is Cn1c2ccccc2c2c(-c3ccc([N+](=O)[O-])cc3)c(-c3ccc([N+](=O)[O-])cc3)c3c4ccccc4n(C)c3c21. The van der Waals surface area contributed by atoms with Gasteiger partial charge >= 0.3 is 0 Å². The van der Waals surface area contributed by atoms with Crippen LogP contribution >= 0.6 is 0 Å².